The van der Waals surface area contributed by atoms with Gasteiger partial charge >= 0.3 is 6.36 Å². The summed E-state index contributed by atoms with van der Waals surface area (Å²) in [6, 6.07) is 3.43. The van der Waals surface area contributed by atoms with Gasteiger partial charge in [0.05, 0.1) is 5.39 Å². The summed E-state index contributed by atoms with van der Waals surface area (Å²) >= 11 is 0. The van der Waals surface area contributed by atoms with E-state index in [9.17, 15) is 26.3 Å². The summed E-state index contributed by atoms with van der Waals surface area (Å²) in [5, 5.41) is -0.769. The first kappa shape index (κ1) is 23.2. The third-order valence-corrected chi connectivity index (χ3v) is 7.44. The number of halogens is 6. The van der Waals surface area contributed by atoms with Gasteiger partial charge in [-0.25, -0.2) is 13.2 Å². The molecule has 0 spiro atoms. The lowest BCUT2D eigenvalue weighted by Crippen LogP contribution is -2.30. The second-order valence-electron chi connectivity index (χ2n) is 9.50. The number of hydrogen-bond acceptors (Lipinski definition) is 1. The van der Waals surface area contributed by atoms with E-state index in [0.717, 1.165) is 37.7 Å². The molecule has 0 N–H and O–H groups in total. The minimum atomic E-state index is -5.28. The smallest absolute Gasteiger partial charge is 0.399 e. The summed E-state index contributed by atoms with van der Waals surface area (Å²) in [5.74, 6) is -3.66. The highest BCUT2D eigenvalue weighted by molar-refractivity contribution is 5.86. The lowest BCUT2D eigenvalue weighted by molar-refractivity contribution is -0.276. The predicted molar refractivity (Wildman–Crippen MR) is 111 cm³/mol. The summed E-state index contributed by atoms with van der Waals surface area (Å²) in [7, 11) is 0. The molecule has 2 fully saturated rings. The summed E-state index contributed by atoms with van der Waals surface area (Å²) in [6.07, 6.45) is 4.97. The highest BCUT2D eigenvalue weighted by atomic mass is 19.4. The zero-order valence-corrected chi connectivity index (χ0v) is 18.1. The minimum Gasteiger partial charge on any atom is -0.399 e. The molecule has 2 aliphatic carbocycles. The maximum Gasteiger partial charge on any atom is 0.573 e. The van der Waals surface area contributed by atoms with E-state index in [1.54, 1.807) is 0 Å². The molecule has 0 radical (unpaired) electrons. The van der Waals surface area contributed by atoms with Gasteiger partial charge in [-0.1, -0.05) is 38.7 Å². The molecule has 0 aliphatic heterocycles. The molecule has 4 atom stereocenters. The standard InChI is InChI=1S/C25H28F6O/c1-2-3-4-14-5-6-16-10-17(8-7-15(16)9-14)18-11-19-13-21(27)24(32-25(29,30)31)23(28)22(19)20(26)12-18/h11-17H,2-10H2,1H3. The normalized spacial score (nSPS) is 26.2. The maximum atomic E-state index is 14.8. The van der Waals surface area contributed by atoms with Gasteiger partial charge in [-0.15, -0.1) is 13.2 Å². The quantitative estimate of drug-likeness (QED) is 0.408. The van der Waals surface area contributed by atoms with Crippen LogP contribution in [0.4, 0.5) is 26.3 Å². The third kappa shape index (κ3) is 4.86. The molecule has 2 aliphatic rings. The molecule has 2 aromatic carbocycles. The van der Waals surface area contributed by atoms with Gasteiger partial charge in [0.25, 0.3) is 0 Å². The average molecular weight is 458 g/mol. The molecular weight excluding hydrogens is 430 g/mol. The monoisotopic (exact) mass is 458 g/mol. The SMILES string of the molecule is CCCCC1CCC2CC(c3cc(F)c4c(F)c(OC(F)(F)F)c(F)cc4c3)CCC2C1. The van der Waals surface area contributed by atoms with Gasteiger partial charge in [0.15, 0.2) is 11.6 Å². The molecule has 1 nitrogen and oxygen atoms in total. The van der Waals surface area contributed by atoms with Crippen molar-refractivity contribution >= 4 is 10.8 Å². The molecule has 0 aromatic heterocycles. The van der Waals surface area contributed by atoms with Crippen LogP contribution < -0.4 is 4.74 Å². The molecule has 0 saturated heterocycles. The van der Waals surface area contributed by atoms with Crippen LogP contribution in [0.1, 0.15) is 76.2 Å². The molecular formula is C25H28F6O. The number of fused-ring (bicyclic) bond motifs is 2. The number of benzene rings is 2. The van der Waals surface area contributed by atoms with Crippen molar-refractivity contribution in [2.45, 2.75) is 77.0 Å². The molecule has 4 rings (SSSR count). The lowest BCUT2D eigenvalue weighted by atomic mass is 9.63. The molecule has 4 unspecified atom stereocenters. The lowest BCUT2D eigenvalue weighted by Gasteiger charge is -2.42. The van der Waals surface area contributed by atoms with E-state index in [0.29, 0.717) is 17.4 Å². The van der Waals surface area contributed by atoms with Gasteiger partial charge in [-0.2, -0.15) is 0 Å². The Morgan fingerprint density at radius 1 is 0.906 bits per heavy atom. The second-order valence-corrected chi connectivity index (χ2v) is 9.50. The fraction of sp³-hybridized carbons (Fsp3) is 0.600. The Morgan fingerprint density at radius 2 is 1.62 bits per heavy atom. The van der Waals surface area contributed by atoms with Crippen molar-refractivity contribution in [2.24, 2.45) is 17.8 Å². The van der Waals surface area contributed by atoms with E-state index in [4.69, 9.17) is 0 Å². The largest absolute Gasteiger partial charge is 0.573 e. The van der Waals surface area contributed by atoms with Crippen molar-refractivity contribution in [3.05, 3.63) is 41.2 Å². The third-order valence-electron chi connectivity index (χ3n) is 7.44. The van der Waals surface area contributed by atoms with Crippen LogP contribution in [-0.2, 0) is 0 Å². The molecule has 2 aromatic rings. The van der Waals surface area contributed by atoms with Gasteiger partial charge in [0.1, 0.15) is 5.82 Å². The summed E-state index contributed by atoms with van der Waals surface area (Å²) in [4.78, 5) is 0. The van der Waals surface area contributed by atoms with Crippen LogP contribution in [-0.4, -0.2) is 6.36 Å². The van der Waals surface area contributed by atoms with Crippen LogP contribution in [0.3, 0.4) is 0 Å². The van der Waals surface area contributed by atoms with Crippen LogP contribution in [0.25, 0.3) is 10.8 Å². The first-order valence-electron chi connectivity index (χ1n) is 11.5. The van der Waals surface area contributed by atoms with Crippen molar-refractivity contribution in [1.29, 1.82) is 0 Å². The number of alkyl halides is 3. The molecule has 0 heterocycles. The number of rotatable bonds is 5. The number of ether oxygens (including phenoxy) is 1. The fourth-order valence-corrected chi connectivity index (χ4v) is 5.90. The van der Waals surface area contributed by atoms with Gasteiger partial charge in [-0.05, 0) is 78.9 Å². The Labute approximate surface area is 184 Å². The van der Waals surface area contributed by atoms with E-state index in [-0.39, 0.29) is 11.3 Å². The van der Waals surface area contributed by atoms with E-state index in [1.807, 2.05) is 0 Å². The Bertz CT molecular complexity index is 969. The Kier molecular flexibility index (Phi) is 6.64. The summed E-state index contributed by atoms with van der Waals surface area (Å²) in [5.41, 5.74) is 0.657. The van der Waals surface area contributed by atoms with E-state index in [1.165, 1.54) is 44.2 Å². The molecule has 176 valence electrons. The van der Waals surface area contributed by atoms with E-state index < -0.39 is 34.9 Å². The highest BCUT2D eigenvalue weighted by Gasteiger charge is 2.37. The minimum absolute atomic E-state index is 0.0829. The van der Waals surface area contributed by atoms with Gasteiger partial charge in [0, 0.05) is 0 Å². The van der Waals surface area contributed by atoms with Crippen molar-refractivity contribution in [1.82, 2.24) is 0 Å². The summed E-state index contributed by atoms with van der Waals surface area (Å²) < 4.78 is 84.4. The van der Waals surface area contributed by atoms with E-state index >= 15 is 0 Å². The van der Waals surface area contributed by atoms with E-state index in [2.05, 4.69) is 11.7 Å². The Morgan fingerprint density at radius 3 is 2.34 bits per heavy atom. The molecule has 0 bridgehead atoms. The Balaban J connectivity index is 1.55. The maximum absolute atomic E-state index is 14.8. The second kappa shape index (κ2) is 9.14. The van der Waals surface area contributed by atoms with Gasteiger partial charge in [0.2, 0.25) is 5.75 Å². The molecule has 2 saturated carbocycles. The van der Waals surface area contributed by atoms with Crippen molar-refractivity contribution < 1.29 is 31.1 Å². The van der Waals surface area contributed by atoms with Gasteiger partial charge in [-0.3, -0.25) is 0 Å². The molecule has 32 heavy (non-hydrogen) atoms. The zero-order valence-electron chi connectivity index (χ0n) is 18.1. The van der Waals surface area contributed by atoms with Crippen LogP contribution in [0.15, 0.2) is 18.2 Å². The zero-order chi connectivity index (χ0) is 23.0. The van der Waals surface area contributed by atoms with Crippen LogP contribution in [0.5, 0.6) is 5.75 Å². The predicted octanol–water partition coefficient (Wildman–Crippen LogP) is 8.65. The number of unbranched alkanes of at least 4 members (excludes halogenated alkanes) is 1. The Hall–Kier alpha value is -1.92. The first-order valence-corrected chi connectivity index (χ1v) is 11.5. The fourth-order valence-electron chi connectivity index (χ4n) is 5.90. The molecule has 7 heteroatoms. The van der Waals surface area contributed by atoms with Crippen molar-refractivity contribution in [2.75, 3.05) is 0 Å². The first-order chi connectivity index (χ1) is 15.2. The van der Waals surface area contributed by atoms with Crippen LogP contribution in [0.2, 0.25) is 0 Å². The van der Waals surface area contributed by atoms with Crippen molar-refractivity contribution in [3.8, 4) is 5.75 Å². The van der Waals surface area contributed by atoms with Crippen molar-refractivity contribution in [3.63, 3.8) is 0 Å². The highest BCUT2D eigenvalue weighted by Crippen LogP contribution is 2.49. The number of hydrogen-bond donors (Lipinski definition) is 0. The topological polar surface area (TPSA) is 9.23 Å². The van der Waals surface area contributed by atoms with Crippen LogP contribution >= 0.6 is 0 Å². The van der Waals surface area contributed by atoms with Gasteiger partial charge < -0.3 is 4.74 Å². The summed E-state index contributed by atoms with van der Waals surface area (Å²) in [6.45, 7) is 2.21. The molecule has 0 amide bonds. The average Bonchev–Trinajstić information content (AvgIpc) is 2.73. The van der Waals surface area contributed by atoms with Crippen LogP contribution in [0, 0.1) is 35.2 Å².